The minimum atomic E-state index is -4.33. The molecule has 10 nitrogen and oxygen atoms in total. The summed E-state index contributed by atoms with van der Waals surface area (Å²) in [7, 11) is -4.33. The van der Waals surface area contributed by atoms with Crippen LogP contribution in [-0.4, -0.2) is 59.4 Å². The molecule has 2 aromatic carbocycles. The first-order valence-corrected chi connectivity index (χ1v) is 14.2. The fraction of sp³-hybridized carbons (Fsp3) is 0.214. The number of aromatic nitrogens is 3. The van der Waals surface area contributed by atoms with Gasteiger partial charge in [0.15, 0.2) is 5.65 Å². The zero-order chi connectivity index (χ0) is 29.6. The van der Waals surface area contributed by atoms with E-state index in [1.807, 2.05) is 6.92 Å². The lowest BCUT2D eigenvalue weighted by Gasteiger charge is -2.40. The summed E-state index contributed by atoms with van der Waals surface area (Å²) >= 11 is 0. The van der Waals surface area contributed by atoms with Gasteiger partial charge >= 0.3 is 5.69 Å². The lowest BCUT2D eigenvalue weighted by atomic mass is 10.1. The summed E-state index contributed by atoms with van der Waals surface area (Å²) in [6.45, 7) is 7.75. The molecule has 0 saturated carbocycles. The highest BCUT2D eigenvalue weighted by atomic mass is 32.2. The van der Waals surface area contributed by atoms with Crippen LogP contribution in [0.4, 0.5) is 14.6 Å². The van der Waals surface area contributed by atoms with Gasteiger partial charge in [0, 0.05) is 31.2 Å². The Labute approximate surface area is 234 Å². The Kier molecular flexibility index (Phi) is 7.17. The number of amides is 1. The number of nitrogens with zero attached hydrogens (tertiary/aromatic N) is 5. The highest BCUT2D eigenvalue weighted by Crippen LogP contribution is 2.33. The molecule has 41 heavy (non-hydrogen) atoms. The monoisotopic (exact) mass is 580 g/mol. The molecule has 3 heterocycles. The van der Waals surface area contributed by atoms with E-state index in [-0.39, 0.29) is 70.3 Å². The fourth-order valence-corrected chi connectivity index (χ4v) is 5.91. The van der Waals surface area contributed by atoms with Gasteiger partial charge in [0.2, 0.25) is 15.9 Å². The van der Waals surface area contributed by atoms with E-state index in [9.17, 15) is 22.4 Å². The van der Waals surface area contributed by atoms with Gasteiger partial charge in [-0.2, -0.15) is 4.98 Å². The number of halogens is 2. The number of fused-ring (bicyclic) bond motifs is 1. The zero-order valence-corrected chi connectivity index (χ0v) is 23.0. The van der Waals surface area contributed by atoms with E-state index < -0.39 is 27.3 Å². The largest absolute Gasteiger partial charge is 0.355 e. The Bertz CT molecular complexity index is 1890. The minimum absolute atomic E-state index is 0.0844. The van der Waals surface area contributed by atoms with Crippen LogP contribution in [0, 0.1) is 18.6 Å². The second-order valence-corrected chi connectivity index (χ2v) is 11.3. The van der Waals surface area contributed by atoms with Crippen LogP contribution in [0.5, 0.6) is 0 Å². The summed E-state index contributed by atoms with van der Waals surface area (Å²) in [5.41, 5.74) is -1.31. The standard InChI is InChI=1S/C28H26F2N6O4S/c1-4-23(37)34-12-13-35(17(3)15-34)26-19-14-21(30)24(18-9-5-6-10-20(18)29)32-27(19)36(28(38)33-26)25-16(2)8-7-11-22(25)41(31,39)40/h4-11,14,17H,1,12-13,15H2,2-3H3,(H2,31,39,40)/t17-/m0/s1. The van der Waals surface area contributed by atoms with Gasteiger partial charge in [0.25, 0.3) is 0 Å². The molecule has 2 aromatic heterocycles. The maximum atomic E-state index is 15.7. The molecule has 2 N–H and O–H groups in total. The van der Waals surface area contributed by atoms with E-state index in [1.54, 1.807) is 22.8 Å². The number of nitrogens with two attached hydrogens (primary N) is 1. The first-order valence-electron chi connectivity index (χ1n) is 12.6. The molecule has 1 aliphatic heterocycles. The molecule has 5 rings (SSSR count). The normalized spacial score (nSPS) is 15.8. The predicted octanol–water partition coefficient (Wildman–Crippen LogP) is 2.90. The number of aryl methyl sites for hydroxylation is 1. The van der Waals surface area contributed by atoms with Crippen LogP contribution in [0.2, 0.25) is 0 Å². The van der Waals surface area contributed by atoms with Crippen LogP contribution >= 0.6 is 0 Å². The van der Waals surface area contributed by atoms with Crippen LogP contribution < -0.4 is 15.7 Å². The number of primary sulfonamides is 1. The van der Waals surface area contributed by atoms with Crippen LogP contribution in [0.25, 0.3) is 28.0 Å². The van der Waals surface area contributed by atoms with Gasteiger partial charge in [-0.3, -0.25) is 4.79 Å². The summed E-state index contributed by atoms with van der Waals surface area (Å²) in [4.78, 5) is 37.6. The van der Waals surface area contributed by atoms with Crippen molar-refractivity contribution in [3.05, 3.63) is 88.9 Å². The third kappa shape index (κ3) is 4.98. The molecule has 1 saturated heterocycles. The summed E-state index contributed by atoms with van der Waals surface area (Å²) in [6.07, 6.45) is 1.21. The molecule has 0 bridgehead atoms. The number of hydrogen-bond donors (Lipinski definition) is 1. The van der Waals surface area contributed by atoms with E-state index in [4.69, 9.17) is 5.14 Å². The first kappa shape index (κ1) is 28.1. The van der Waals surface area contributed by atoms with Gasteiger partial charge < -0.3 is 9.80 Å². The average Bonchev–Trinajstić information content (AvgIpc) is 2.92. The summed E-state index contributed by atoms with van der Waals surface area (Å²) in [5.74, 6) is -1.77. The van der Waals surface area contributed by atoms with Gasteiger partial charge in [0.05, 0.1) is 11.1 Å². The predicted molar refractivity (Wildman–Crippen MR) is 150 cm³/mol. The number of sulfonamides is 1. The van der Waals surface area contributed by atoms with Gasteiger partial charge in [-0.05, 0) is 49.8 Å². The van der Waals surface area contributed by atoms with Gasteiger partial charge in [-0.1, -0.05) is 30.8 Å². The fourth-order valence-electron chi connectivity index (χ4n) is 5.12. The number of carbonyl (C=O) groups excluding carboxylic acids is 1. The van der Waals surface area contributed by atoms with Gasteiger partial charge in [0.1, 0.15) is 28.0 Å². The average molecular weight is 581 g/mol. The van der Waals surface area contributed by atoms with Gasteiger partial charge in [-0.15, -0.1) is 0 Å². The zero-order valence-electron chi connectivity index (χ0n) is 22.2. The Morgan fingerprint density at radius 2 is 1.83 bits per heavy atom. The number of pyridine rings is 1. The second kappa shape index (κ2) is 10.5. The van der Waals surface area contributed by atoms with E-state index in [1.165, 1.54) is 36.4 Å². The van der Waals surface area contributed by atoms with Crippen LogP contribution in [0.3, 0.4) is 0 Å². The Balaban J connectivity index is 1.84. The molecule has 1 aliphatic rings. The maximum absolute atomic E-state index is 15.7. The lowest BCUT2D eigenvalue weighted by molar-refractivity contribution is -0.126. The van der Waals surface area contributed by atoms with Crippen molar-refractivity contribution in [2.24, 2.45) is 5.14 Å². The number of benzene rings is 2. The Morgan fingerprint density at radius 1 is 1.10 bits per heavy atom. The molecule has 4 aromatic rings. The number of para-hydroxylation sites is 1. The number of carbonyl (C=O) groups is 1. The molecule has 1 amide bonds. The quantitative estimate of drug-likeness (QED) is 0.359. The first-order chi connectivity index (χ1) is 19.4. The highest BCUT2D eigenvalue weighted by Gasteiger charge is 2.31. The number of hydrogen-bond acceptors (Lipinski definition) is 7. The summed E-state index contributed by atoms with van der Waals surface area (Å²) in [5, 5.41) is 5.58. The SMILES string of the molecule is C=CC(=O)N1CCN(c2nc(=O)n(-c3c(C)cccc3S(N)(=O)=O)c3nc(-c4ccccc4F)c(F)cc23)[C@@H](C)C1. The highest BCUT2D eigenvalue weighted by molar-refractivity contribution is 7.89. The molecule has 0 spiro atoms. The maximum Gasteiger partial charge on any atom is 0.355 e. The molecule has 0 radical (unpaired) electrons. The Morgan fingerprint density at radius 3 is 2.49 bits per heavy atom. The number of rotatable bonds is 5. The lowest BCUT2D eigenvalue weighted by Crippen LogP contribution is -2.54. The minimum Gasteiger partial charge on any atom is -0.350 e. The molecular formula is C28H26F2N6O4S. The molecule has 1 fully saturated rings. The Hall–Kier alpha value is -4.49. The van der Waals surface area contributed by atoms with Crippen molar-refractivity contribution in [3.63, 3.8) is 0 Å². The molecule has 13 heteroatoms. The summed E-state index contributed by atoms with van der Waals surface area (Å²) < 4.78 is 56.5. The van der Waals surface area contributed by atoms with Crippen molar-refractivity contribution < 1.29 is 22.0 Å². The number of anilines is 1. The van der Waals surface area contributed by atoms with Gasteiger partial charge in [-0.25, -0.2) is 36.7 Å². The third-order valence-electron chi connectivity index (χ3n) is 7.05. The van der Waals surface area contributed by atoms with Crippen LogP contribution in [-0.2, 0) is 14.8 Å². The van der Waals surface area contributed by atoms with Crippen molar-refractivity contribution in [1.82, 2.24) is 19.4 Å². The van der Waals surface area contributed by atoms with Crippen molar-refractivity contribution in [3.8, 4) is 16.9 Å². The van der Waals surface area contributed by atoms with Crippen molar-refractivity contribution >= 4 is 32.8 Å². The molecular weight excluding hydrogens is 554 g/mol. The van der Waals surface area contributed by atoms with Crippen molar-refractivity contribution in [2.75, 3.05) is 24.5 Å². The van der Waals surface area contributed by atoms with E-state index in [2.05, 4.69) is 16.5 Å². The van der Waals surface area contributed by atoms with E-state index in [0.29, 0.717) is 5.56 Å². The van der Waals surface area contributed by atoms with Crippen LogP contribution in [0.1, 0.15) is 12.5 Å². The third-order valence-corrected chi connectivity index (χ3v) is 7.99. The van der Waals surface area contributed by atoms with E-state index in [0.717, 1.165) is 16.7 Å². The van der Waals surface area contributed by atoms with E-state index >= 15 is 4.39 Å². The molecule has 1 atom stereocenters. The van der Waals surface area contributed by atoms with Crippen molar-refractivity contribution in [1.29, 1.82) is 0 Å². The smallest absolute Gasteiger partial charge is 0.350 e. The van der Waals surface area contributed by atoms with Crippen LogP contribution in [0.15, 0.2) is 70.9 Å². The van der Waals surface area contributed by atoms with Crippen molar-refractivity contribution in [2.45, 2.75) is 24.8 Å². The number of piperazine rings is 1. The molecule has 0 unspecified atom stereocenters. The molecule has 0 aliphatic carbocycles. The summed E-state index contributed by atoms with van der Waals surface area (Å²) in [6, 6.07) is 10.5. The second-order valence-electron chi connectivity index (χ2n) is 9.72. The molecule has 212 valence electrons. The topological polar surface area (TPSA) is 131 Å².